The first-order chi connectivity index (χ1) is 9.55. The zero-order valence-electron chi connectivity index (χ0n) is 11.8. The Labute approximate surface area is 120 Å². The average molecular weight is 304 g/mol. The van der Waals surface area contributed by atoms with E-state index in [1.165, 1.54) is 0 Å². The summed E-state index contributed by atoms with van der Waals surface area (Å²) in [7, 11) is -2.97. The van der Waals surface area contributed by atoms with Crippen LogP contribution in [0.2, 0.25) is 0 Å². The van der Waals surface area contributed by atoms with Crippen LogP contribution < -0.4 is 10.6 Å². The van der Waals surface area contributed by atoms with Gasteiger partial charge < -0.3 is 15.4 Å². The van der Waals surface area contributed by atoms with E-state index >= 15 is 0 Å². The van der Waals surface area contributed by atoms with E-state index in [2.05, 4.69) is 10.6 Å². The molecule has 6 nitrogen and oxygen atoms in total. The van der Waals surface area contributed by atoms with Crippen molar-refractivity contribution < 1.29 is 17.9 Å². The second kappa shape index (κ2) is 7.38. The largest absolute Gasteiger partial charge is 0.378 e. The van der Waals surface area contributed by atoms with Crippen molar-refractivity contribution in [1.82, 2.24) is 10.6 Å². The minimum atomic E-state index is -2.97. The molecular formula is C13H24N2O4S. The van der Waals surface area contributed by atoms with Crippen LogP contribution in [-0.4, -0.2) is 57.7 Å². The van der Waals surface area contributed by atoms with Gasteiger partial charge in [0, 0.05) is 12.5 Å². The van der Waals surface area contributed by atoms with Crippen molar-refractivity contribution in [3.05, 3.63) is 0 Å². The highest BCUT2D eigenvalue weighted by molar-refractivity contribution is 7.91. The molecular weight excluding hydrogens is 280 g/mol. The second-order valence-corrected chi connectivity index (χ2v) is 7.82. The van der Waals surface area contributed by atoms with Crippen LogP contribution in [0.5, 0.6) is 0 Å². The topological polar surface area (TPSA) is 84.5 Å². The van der Waals surface area contributed by atoms with Crippen molar-refractivity contribution in [3.63, 3.8) is 0 Å². The number of piperidine rings is 1. The van der Waals surface area contributed by atoms with Crippen LogP contribution in [0.15, 0.2) is 0 Å². The molecule has 0 saturated carbocycles. The number of hydrogen-bond acceptors (Lipinski definition) is 5. The zero-order chi connectivity index (χ0) is 14.4. The quantitative estimate of drug-likeness (QED) is 0.737. The van der Waals surface area contributed by atoms with Crippen LogP contribution in [0.3, 0.4) is 0 Å². The highest BCUT2D eigenvalue weighted by Gasteiger charge is 2.25. The lowest BCUT2D eigenvalue weighted by Gasteiger charge is -2.24. The average Bonchev–Trinajstić information content (AvgIpc) is 2.38. The Morgan fingerprint density at radius 2 is 2.00 bits per heavy atom. The van der Waals surface area contributed by atoms with Gasteiger partial charge in [0.25, 0.3) is 0 Å². The van der Waals surface area contributed by atoms with Gasteiger partial charge in [-0.15, -0.1) is 0 Å². The van der Waals surface area contributed by atoms with E-state index < -0.39 is 9.84 Å². The van der Waals surface area contributed by atoms with Crippen LogP contribution >= 0.6 is 0 Å². The van der Waals surface area contributed by atoms with Gasteiger partial charge in [0.2, 0.25) is 5.91 Å². The molecule has 0 radical (unpaired) electrons. The minimum Gasteiger partial charge on any atom is -0.378 e. The van der Waals surface area contributed by atoms with E-state index in [1.807, 2.05) is 0 Å². The number of carbonyl (C=O) groups excluding carboxylic acids is 1. The van der Waals surface area contributed by atoms with E-state index in [1.54, 1.807) is 0 Å². The molecule has 1 unspecified atom stereocenters. The van der Waals surface area contributed by atoms with E-state index in [4.69, 9.17) is 4.74 Å². The first kappa shape index (κ1) is 15.7. The summed E-state index contributed by atoms with van der Waals surface area (Å²) in [6.07, 6.45) is 3.92. The summed E-state index contributed by atoms with van der Waals surface area (Å²) in [4.78, 5) is 11.8. The summed E-state index contributed by atoms with van der Waals surface area (Å²) in [6, 6.07) is -0.222. The van der Waals surface area contributed by atoms with Crippen molar-refractivity contribution in [2.24, 2.45) is 0 Å². The molecule has 0 aromatic heterocycles. The van der Waals surface area contributed by atoms with Crippen molar-refractivity contribution in [2.75, 3.05) is 31.2 Å². The lowest BCUT2D eigenvalue weighted by Crippen LogP contribution is -2.43. The maximum absolute atomic E-state index is 11.8. The first-order valence-corrected chi connectivity index (χ1v) is 9.19. The molecule has 2 N–H and O–H groups in total. The molecule has 2 aliphatic heterocycles. The Bertz CT molecular complexity index is 418. The smallest absolute Gasteiger partial charge is 0.222 e. The number of hydrogen-bond donors (Lipinski definition) is 2. The third kappa shape index (κ3) is 5.38. The summed E-state index contributed by atoms with van der Waals surface area (Å²) in [6.45, 7) is 2.35. The highest BCUT2D eigenvalue weighted by Crippen LogP contribution is 2.12. The van der Waals surface area contributed by atoms with Gasteiger partial charge in [0.05, 0.1) is 24.2 Å². The predicted molar refractivity (Wildman–Crippen MR) is 76.3 cm³/mol. The summed E-state index contributed by atoms with van der Waals surface area (Å²) in [5, 5.41) is 6.06. The van der Waals surface area contributed by atoms with Crippen LogP contribution in [0, 0.1) is 0 Å². The lowest BCUT2D eigenvalue weighted by molar-refractivity contribution is -0.123. The molecule has 2 saturated heterocycles. The maximum atomic E-state index is 11.8. The van der Waals surface area contributed by atoms with Gasteiger partial charge in [-0.3, -0.25) is 4.79 Å². The fourth-order valence-electron chi connectivity index (χ4n) is 2.72. The van der Waals surface area contributed by atoms with Gasteiger partial charge in [-0.1, -0.05) is 0 Å². The van der Waals surface area contributed by atoms with Crippen LogP contribution in [0.1, 0.15) is 32.1 Å². The lowest BCUT2D eigenvalue weighted by atomic mass is 10.1. The molecule has 0 bridgehead atoms. The molecule has 20 heavy (non-hydrogen) atoms. The third-order valence-electron chi connectivity index (χ3n) is 3.80. The van der Waals surface area contributed by atoms with Gasteiger partial charge in [-0.05, 0) is 38.8 Å². The van der Waals surface area contributed by atoms with Gasteiger partial charge in [-0.2, -0.15) is 0 Å². The Balaban J connectivity index is 1.62. The number of rotatable bonds is 5. The summed E-state index contributed by atoms with van der Waals surface area (Å²) >= 11 is 0. The van der Waals surface area contributed by atoms with Crippen molar-refractivity contribution >= 4 is 15.7 Å². The molecule has 1 atom stereocenters. The van der Waals surface area contributed by atoms with E-state index in [0.717, 1.165) is 32.4 Å². The van der Waals surface area contributed by atoms with Gasteiger partial charge in [0.1, 0.15) is 0 Å². The molecule has 0 aliphatic carbocycles. The van der Waals surface area contributed by atoms with E-state index in [-0.39, 0.29) is 29.6 Å². The number of nitrogens with one attached hydrogen (secondary N) is 2. The molecule has 7 heteroatoms. The number of ether oxygens (including phenoxy) is 1. The second-order valence-electron chi connectivity index (χ2n) is 5.59. The highest BCUT2D eigenvalue weighted by atomic mass is 32.2. The van der Waals surface area contributed by atoms with Crippen molar-refractivity contribution in [2.45, 2.75) is 44.2 Å². The normalized spacial score (nSPS) is 27.1. The van der Waals surface area contributed by atoms with Crippen LogP contribution in [-0.2, 0) is 19.4 Å². The predicted octanol–water partition coefficient (Wildman–Crippen LogP) is -0.161. The summed E-state index contributed by atoms with van der Waals surface area (Å²) in [5.74, 6) is 0.215. The minimum absolute atomic E-state index is 0.0773. The SMILES string of the molecule is O=C(CCOC1CCNCC1)NC1CCCS(=O)(=O)C1. The molecule has 0 aromatic carbocycles. The molecule has 0 spiro atoms. The summed E-state index contributed by atoms with van der Waals surface area (Å²) in [5.41, 5.74) is 0. The monoisotopic (exact) mass is 304 g/mol. The third-order valence-corrected chi connectivity index (χ3v) is 5.62. The zero-order valence-corrected chi connectivity index (χ0v) is 12.6. The van der Waals surface area contributed by atoms with Gasteiger partial charge in [-0.25, -0.2) is 8.42 Å². The van der Waals surface area contributed by atoms with Crippen LogP contribution in [0.4, 0.5) is 0 Å². The molecule has 0 aromatic rings. The van der Waals surface area contributed by atoms with Gasteiger partial charge in [0.15, 0.2) is 9.84 Å². The fraction of sp³-hybridized carbons (Fsp3) is 0.923. The van der Waals surface area contributed by atoms with Crippen LogP contribution in [0.25, 0.3) is 0 Å². The first-order valence-electron chi connectivity index (χ1n) is 7.37. The molecule has 2 rings (SSSR count). The Morgan fingerprint density at radius 1 is 1.25 bits per heavy atom. The van der Waals surface area contributed by atoms with Crippen molar-refractivity contribution in [3.8, 4) is 0 Å². The fourth-order valence-corrected chi connectivity index (χ4v) is 4.35. The molecule has 2 heterocycles. The maximum Gasteiger partial charge on any atom is 0.222 e. The number of carbonyl (C=O) groups is 1. The molecule has 2 aliphatic rings. The molecule has 116 valence electrons. The summed E-state index contributed by atoms with van der Waals surface area (Å²) < 4.78 is 28.6. The van der Waals surface area contributed by atoms with Gasteiger partial charge >= 0.3 is 0 Å². The van der Waals surface area contributed by atoms with E-state index in [0.29, 0.717) is 19.4 Å². The standard InChI is InChI=1S/C13H24N2O4S/c16-13(5-8-19-12-3-6-14-7-4-12)15-11-2-1-9-20(17,18)10-11/h11-12,14H,1-10H2,(H,15,16). The number of amides is 1. The molecule has 2 fully saturated rings. The Morgan fingerprint density at radius 3 is 2.70 bits per heavy atom. The number of sulfone groups is 1. The Kier molecular flexibility index (Phi) is 5.80. The van der Waals surface area contributed by atoms with E-state index in [9.17, 15) is 13.2 Å². The Hall–Kier alpha value is -0.660. The molecule has 1 amide bonds. The van der Waals surface area contributed by atoms with Crippen molar-refractivity contribution in [1.29, 1.82) is 0 Å².